The Kier molecular flexibility index (Phi) is 18.3. The number of carboxylic acid groups (broad SMARTS) is 1. The molecular formula is C39H65N5O9. The lowest BCUT2D eigenvalue weighted by Crippen LogP contribution is -2.60. The van der Waals surface area contributed by atoms with Gasteiger partial charge in [0.15, 0.2) is 0 Å². The minimum Gasteiger partial charge on any atom is -0.480 e. The lowest BCUT2D eigenvalue weighted by atomic mass is 9.89. The average Bonchev–Trinajstić information content (AvgIpc) is 3.59. The molecule has 14 heteroatoms. The Morgan fingerprint density at radius 3 is 2.06 bits per heavy atom. The number of aliphatic hydroxyl groups excluding tert-OH is 1. The number of carbonyl (C=O) groups excluding carboxylic acids is 4. The van der Waals surface area contributed by atoms with E-state index >= 15 is 0 Å². The van der Waals surface area contributed by atoms with E-state index in [1.54, 1.807) is 54.9 Å². The summed E-state index contributed by atoms with van der Waals surface area (Å²) in [6, 6.07) is 5.22. The number of ether oxygens (including phenoxy) is 2. The molecule has 53 heavy (non-hydrogen) atoms. The summed E-state index contributed by atoms with van der Waals surface area (Å²) in [4.78, 5) is 71.9. The first-order chi connectivity index (χ1) is 24.9. The van der Waals surface area contributed by atoms with Crippen molar-refractivity contribution in [1.82, 2.24) is 25.3 Å². The molecule has 0 aromatic heterocycles. The smallest absolute Gasteiger partial charge is 0.326 e. The Balaban J connectivity index is 2.27. The van der Waals surface area contributed by atoms with Crippen LogP contribution in [0.2, 0.25) is 0 Å². The van der Waals surface area contributed by atoms with E-state index in [1.807, 2.05) is 45.9 Å². The number of hydrogen-bond donors (Lipinski definition) is 4. The van der Waals surface area contributed by atoms with Crippen LogP contribution in [-0.4, -0.2) is 145 Å². The Labute approximate surface area is 315 Å². The molecule has 2 unspecified atom stereocenters. The molecule has 14 nitrogen and oxygen atoms in total. The molecule has 0 spiro atoms. The molecule has 0 saturated carbocycles. The van der Waals surface area contributed by atoms with Crippen molar-refractivity contribution in [3.8, 4) is 0 Å². The fraction of sp³-hybridized carbons (Fsp3) is 0.718. The van der Waals surface area contributed by atoms with Crippen molar-refractivity contribution >= 4 is 29.6 Å². The molecule has 300 valence electrons. The number of benzene rings is 1. The number of carboxylic acids is 1. The van der Waals surface area contributed by atoms with E-state index in [0.29, 0.717) is 25.8 Å². The second kappa shape index (κ2) is 21.3. The first kappa shape index (κ1) is 45.6. The second-order valence-corrected chi connectivity index (χ2v) is 15.1. The monoisotopic (exact) mass is 747 g/mol. The largest absolute Gasteiger partial charge is 0.480 e. The molecule has 1 aliphatic heterocycles. The molecule has 1 heterocycles. The van der Waals surface area contributed by atoms with Gasteiger partial charge >= 0.3 is 5.97 Å². The number of carbonyl (C=O) groups is 5. The minimum absolute atomic E-state index is 0.0434. The Morgan fingerprint density at radius 2 is 1.57 bits per heavy atom. The van der Waals surface area contributed by atoms with Crippen molar-refractivity contribution in [1.29, 1.82) is 0 Å². The lowest BCUT2D eigenvalue weighted by Gasteiger charge is -2.41. The van der Waals surface area contributed by atoms with Crippen molar-refractivity contribution in [3.05, 3.63) is 35.9 Å². The van der Waals surface area contributed by atoms with E-state index in [1.165, 1.54) is 21.1 Å². The van der Waals surface area contributed by atoms with Gasteiger partial charge in [0.2, 0.25) is 23.6 Å². The number of nitrogens with one attached hydrogen (secondary N) is 2. The van der Waals surface area contributed by atoms with Crippen LogP contribution in [0, 0.1) is 17.8 Å². The molecule has 1 fully saturated rings. The molecule has 0 aliphatic carbocycles. The number of nitrogens with zero attached hydrogens (tertiary/aromatic N) is 3. The fourth-order valence-corrected chi connectivity index (χ4v) is 7.52. The van der Waals surface area contributed by atoms with Gasteiger partial charge in [-0.3, -0.25) is 24.1 Å². The van der Waals surface area contributed by atoms with Crippen LogP contribution in [-0.2, 0) is 39.9 Å². The summed E-state index contributed by atoms with van der Waals surface area (Å²) in [5.74, 6) is -3.76. The van der Waals surface area contributed by atoms with E-state index in [0.717, 1.165) is 5.56 Å². The summed E-state index contributed by atoms with van der Waals surface area (Å²) >= 11 is 0. The molecule has 1 saturated heterocycles. The van der Waals surface area contributed by atoms with Gasteiger partial charge in [0, 0.05) is 34.2 Å². The summed E-state index contributed by atoms with van der Waals surface area (Å²) in [5, 5.41) is 25.6. The predicted octanol–water partition coefficient (Wildman–Crippen LogP) is 2.17. The molecule has 1 aromatic carbocycles. The van der Waals surface area contributed by atoms with Gasteiger partial charge in [0.1, 0.15) is 18.1 Å². The maximum atomic E-state index is 14.1. The third-order valence-electron chi connectivity index (χ3n) is 10.7. The van der Waals surface area contributed by atoms with Gasteiger partial charge in [-0.15, -0.1) is 0 Å². The number of aliphatic hydroxyl groups is 1. The highest BCUT2D eigenvalue weighted by Gasteiger charge is 2.43. The Morgan fingerprint density at radius 1 is 0.943 bits per heavy atom. The van der Waals surface area contributed by atoms with E-state index < -0.39 is 72.2 Å². The van der Waals surface area contributed by atoms with Crippen molar-refractivity contribution in [2.45, 2.75) is 122 Å². The van der Waals surface area contributed by atoms with E-state index in [4.69, 9.17) is 9.47 Å². The van der Waals surface area contributed by atoms with Gasteiger partial charge in [-0.05, 0) is 51.3 Å². The van der Waals surface area contributed by atoms with Crippen molar-refractivity contribution in [3.63, 3.8) is 0 Å². The molecular weight excluding hydrogens is 682 g/mol. The van der Waals surface area contributed by atoms with Gasteiger partial charge in [0.25, 0.3) is 0 Å². The fourth-order valence-electron chi connectivity index (χ4n) is 7.52. The van der Waals surface area contributed by atoms with Gasteiger partial charge in [-0.2, -0.15) is 0 Å². The third-order valence-corrected chi connectivity index (χ3v) is 10.7. The Hall–Kier alpha value is -3.59. The average molecular weight is 748 g/mol. The maximum Gasteiger partial charge on any atom is 0.326 e. The van der Waals surface area contributed by atoms with Crippen LogP contribution in [0.25, 0.3) is 0 Å². The summed E-state index contributed by atoms with van der Waals surface area (Å²) in [7, 11) is 8.03. The van der Waals surface area contributed by atoms with Crippen LogP contribution in [0.1, 0.15) is 72.8 Å². The third kappa shape index (κ3) is 12.2. The number of amides is 4. The SMILES string of the molecule is CC[C@H](C)[C@@H]([C@@H](CC(=O)N1CCCC1[C@H](OC)[C@@H](C)C(=O)N[C@@H](Cc1ccccc1)C(=O)O)OC)N(C)C(=O)C(NC(=O)[C@H]([C@@H](C)O)N(C)C)C(C)C. The summed E-state index contributed by atoms with van der Waals surface area (Å²) in [6.07, 6.45) is -0.314. The molecule has 4 amide bonds. The zero-order chi connectivity index (χ0) is 40.2. The number of likely N-dealkylation sites (N-methyl/N-ethyl adjacent to an activating group) is 2. The van der Waals surface area contributed by atoms with Crippen LogP contribution in [0.5, 0.6) is 0 Å². The van der Waals surface area contributed by atoms with E-state index in [2.05, 4.69) is 10.6 Å². The molecule has 0 radical (unpaired) electrons. The zero-order valence-electron chi connectivity index (χ0n) is 33.6. The second-order valence-electron chi connectivity index (χ2n) is 15.1. The quantitative estimate of drug-likeness (QED) is 0.146. The number of methoxy groups -OCH3 is 2. The highest BCUT2D eigenvalue weighted by atomic mass is 16.5. The number of likely N-dealkylation sites (tertiary alicyclic amines) is 1. The summed E-state index contributed by atoms with van der Waals surface area (Å²) in [6.45, 7) is 11.3. The maximum absolute atomic E-state index is 14.1. The Bertz CT molecular complexity index is 1340. The molecule has 4 N–H and O–H groups in total. The van der Waals surface area contributed by atoms with Crippen LogP contribution in [0.15, 0.2) is 30.3 Å². The summed E-state index contributed by atoms with van der Waals surface area (Å²) < 4.78 is 11.8. The van der Waals surface area contributed by atoms with Crippen molar-refractivity contribution in [2.75, 3.05) is 41.9 Å². The summed E-state index contributed by atoms with van der Waals surface area (Å²) in [5.41, 5.74) is 0.776. The van der Waals surface area contributed by atoms with Gasteiger partial charge in [0.05, 0.1) is 42.7 Å². The first-order valence-electron chi connectivity index (χ1n) is 18.7. The topological polar surface area (TPSA) is 178 Å². The molecule has 1 aromatic rings. The van der Waals surface area contributed by atoms with E-state index in [-0.39, 0.29) is 36.5 Å². The van der Waals surface area contributed by atoms with E-state index in [9.17, 15) is 34.2 Å². The van der Waals surface area contributed by atoms with Crippen LogP contribution < -0.4 is 10.6 Å². The highest BCUT2D eigenvalue weighted by molar-refractivity contribution is 5.90. The molecule has 10 atom stereocenters. The van der Waals surface area contributed by atoms with Crippen LogP contribution in [0.3, 0.4) is 0 Å². The van der Waals surface area contributed by atoms with Crippen LogP contribution in [0.4, 0.5) is 0 Å². The minimum atomic E-state index is -1.15. The molecule has 0 bridgehead atoms. The zero-order valence-corrected chi connectivity index (χ0v) is 33.6. The van der Waals surface area contributed by atoms with Crippen LogP contribution >= 0.6 is 0 Å². The van der Waals surface area contributed by atoms with Gasteiger partial charge in [-0.25, -0.2) is 4.79 Å². The standard InChI is InChI=1S/C39H65N5O9/c1-12-24(4)33(43(9)38(49)32(23(2)3)41-37(48)34(26(6)45)42(7)8)30(52-10)22-31(46)44-20-16-19-29(44)35(53-11)25(5)36(47)40-28(39(50)51)21-27-17-14-13-15-18-27/h13-15,17-18,23-26,28-30,32-35,45H,12,16,19-22H2,1-11H3,(H,40,47)(H,41,48)(H,50,51)/t24-,25+,26+,28-,29?,30+,32?,33-,34-,35+/m0/s1. The predicted molar refractivity (Wildman–Crippen MR) is 202 cm³/mol. The highest BCUT2D eigenvalue weighted by Crippen LogP contribution is 2.30. The lowest BCUT2D eigenvalue weighted by molar-refractivity contribution is -0.148. The van der Waals surface area contributed by atoms with Gasteiger partial charge in [-0.1, -0.05) is 71.4 Å². The van der Waals surface area contributed by atoms with Gasteiger partial charge < -0.3 is 40.1 Å². The van der Waals surface area contributed by atoms with Crippen molar-refractivity contribution in [2.24, 2.45) is 17.8 Å². The normalized spacial score (nSPS) is 19.7. The molecule has 2 rings (SSSR count). The first-order valence-corrected chi connectivity index (χ1v) is 18.7. The molecule has 1 aliphatic rings. The van der Waals surface area contributed by atoms with Crippen molar-refractivity contribution < 1.29 is 43.7 Å². The number of rotatable bonds is 21. The number of aliphatic carboxylic acids is 1. The number of hydrogen-bond acceptors (Lipinski definition) is 9.